The molecule has 0 aromatic heterocycles. The van der Waals surface area contributed by atoms with E-state index in [9.17, 15) is 45.9 Å². The van der Waals surface area contributed by atoms with Crippen molar-refractivity contribution in [1.82, 2.24) is 4.31 Å². The highest BCUT2D eigenvalue weighted by Crippen LogP contribution is 2.31. The summed E-state index contributed by atoms with van der Waals surface area (Å²) in [6.07, 6.45) is 9.78. The lowest BCUT2D eigenvalue weighted by Gasteiger charge is -2.25. The number of esters is 4. The SMILES string of the molecule is CB1OB(C)OB(C)O1.CO.COC(=O)c1cc(Br)cc(Br)c1.COC(=O)c1cc(Br)cc(S(=O)(=O)Cl)c1.COC(=O)c1cc(Br)cc(S(=O)(=O)N2CCCC(O)CC2)c1.COC(=O)c1cc(Br)cc(SCc2ccc(OC)cc2)c1.O=C(O)c1cc(Br)cc(Br)c1.O=S(Cl)Cl.OC1CCCCCC1.OC1CCCO1. The predicted molar refractivity (Wildman–Crippen MR) is 454 cm³/mol. The van der Waals surface area contributed by atoms with E-state index < -0.39 is 58.6 Å². The van der Waals surface area contributed by atoms with Crippen molar-refractivity contribution in [2.45, 2.75) is 130 Å². The number of aromatic carboxylic acids is 1. The van der Waals surface area contributed by atoms with Crippen LogP contribution in [0.15, 0.2) is 161 Å². The Labute approximate surface area is 722 Å². The fraction of sp³-hybridized carbons (Fsp3) is 0.397. The third kappa shape index (κ3) is 44.9. The molecule has 42 heteroatoms. The molecule has 6 aromatic rings. The molecule has 5 N–H and O–H groups in total. The average Bonchev–Trinajstić information content (AvgIpc) is 1.20. The van der Waals surface area contributed by atoms with Gasteiger partial charge in [0, 0.05) is 107 Å². The molecule has 3 heterocycles. The van der Waals surface area contributed by atoms with Crippen LogP contribution in [0.2, 0.25) is 20.5 Å². The van der Waals surface area contributed by atoms with Gasteiger partial charge in [-0.2, -0.15) is 4.31 Å². The summed E-state index contributed by atoms with van der Waals surface area (Å²) in [6.45, 7) is 6.94. The molecule has 608 valence electrons. The zero-order chi connectivity index (χ0) is 83.4. The zero-order valence-corrected chi connectivity index (χ0v) is 77.5. The van der Waals surface area contributed by atoms with Crippen LogP contribution in [0, 0.1) is 0 Å². The number of hydrogen-bond donors (Lipinski definition) is 5. The quantitative estimate of drug-likeness (QED) is 0.0190. The van der Waals surface area contributed by atoms with Gasteiger partial charge in [-0.3, -0.25) is 0 Å². The fourth-order valence-corrected chi connectivity index (χ4v) is 17.1. The standard InChI is InChI=1S/C16H15BrO3S.C14H18BrNO5S.C8H6Br2O2.C8H6BrClO4S.C7H4Br2O2.C7H14O.C4H8O2.C3H9B3O3.CH4O.Cl2OS/c1-19-14-5-3-11(4-6-14)10-21-15-8-12(16(18)20-2)7-13(17)9-15;1-21-14(18)10-7-11(15)9-13(8-10)22(19,20)16-5-2-3-12(17)4-6-16;1-12-8(11)5-2-6(9)4-7(10)3-5;1-14-8(11)5-2-6(9)4-7(3-5)15(10,12)13;8-5-1-4(7(10)11)2-6(9)3-5;8-7-5-3-1-2-4-6-7;5-4-2-1-3-6-4;1-4-7-5(2)9-6(3)8-4;1-2;1-4(2)3/h3-9H,10H2,1-2H3;7-9,12,17H,2-6H2,1H3;2-4H,1H3;2-4H,1H3;1-3H,(H,10,11);7-8H,1-6H2;4-5H,1-3H2;1-3H3;2H,1H3;. The maximum Gasteiger partial charge on any atom is 0.426 e. The summed E-state index contributed by atoms with van der Waals surface area (Å²) >= 11 is 24.3. The smallest absolute Gasteiger partial charge is 0.426 e. The van der Waals surface area contributed by atoms with Gasteiger partial charge in [0.2, 0.25) is 19.2 Å². The Bertz CT molecular complexity index is 4030. The number of benzene rings is 6. The molecule has 1 aliphatic carbocycles. The van der Waals surface area contributed by atoms with Gasteiger partial charge in [-0.1, -0.05) is 149 Å². The number of nitrogens with zero attached hydrogens (tertiary/aromatic N) is 1. The highest BCUT2D eigenvalue weighted by Gasteiger charge is 2.32. The Kier molecular flexibility index (Phi) is 54.5. The van der Waals surface area contributed by atoms with Crippen molar-refractivity contribution in [2.75, 3.05) is 62.4 Å². The maximum absolute atomic E-state index is 12.7. The Morgan fingerprint density at radius 3 is 1.25 bits per heavy atom. The first-order chi connectivity index (χ1) is 51.7. The van der Waals surface area contributed by atoms with Gasteiger partial charge in [0.1, 0.15) is 5.75 Å². The molecule has 0 amide bonds. The first kappa shape index (κ1) is 105. The van der Waals surface area contributed by atoms with Crippen LogP contribution in [-0.4, -0.2) is 183 Å². The van der Waals surface area contributed by atoms with Gasteiger partial charge in [-0.25, -0.2) is 45.0 Å². The summed E-state index contributed by atoms with van der Waals surface area (Å²) in [6, 6.07) is 31.9. The summed E-state index contributed by atoms with van der Waals surface area (Å²) in [5.74, 6) is -1.14. The number of ether oxygens (including phenoxy) is 6. The Hall–Kier alpha value is -3.07. The number of carbonyl (C=O) groups excluding carboxylic acids is 4. The van der Waals surface area contributed by atoms with E-state index in [-0.39, 0.29) is 72.4 Å². The van der Waals surface area contributed by atoms with E-state index in [1.807, 2.05) is 62.9 Å². The summed E-state index contributed by atoms with van der Waals surface area (Å²) in [5.41, 5.74) is 2.82. The predicted octanol–water partition coefficient (Wildman–Crippen LogP) is 17.3. The summed E-state index contributed by atoms with van der Waals surface area (Å²) < 4.78 is 107. The molecule has 4 fully saturated rings. The second-order valence-corrected chi connectivity index (χ2v) is 37.1. The lowest BCUT2D eigenvalue weighted by molar-refractivity contribution is -0.0589. The zero-order valence-electron chi connectivity index (χ0n) is 60.9. The van der Waals surface area contributed by atoms with E-state index >= 15 is 0 Å². The molecule has 10 rings (SSSR count). The van der Waals surface area contributed by atoms with Crippen LogP contribution in [0.4, 0.5) is 0 Å². The number of hydrogen-bond acceptors (Lipinski definition) is 24. The lowest BCUT2D eigenvalue weighted by Crippen LogP contribution is -2.44. The van der Waals surface area contributed by atoms with E-state index in [4.69, 9.17) is 63.2 Å². The third-order valence-electron chi connectivity index (χ3n) is 14.3. The van der Waals surface area contributed by atoms with E-state index in [0.29, 0.717) is 45.9 Å². The van der Waals surface area contributed by atoms with Crippen LogP contribution in [0.5, 0.6) is 5.75 Å². The maximum atomic E-state index is 12.7. The van der Waals surface area contributed by atoms with Gasteiger partial charge in [0.25, 0.3) is 9.05 Å². The Morgan fingerprint density at radius 1 is 0.509 bits per heavy atom. The van der Waals surface area contributed by atoms with Crippen molar-refractivity contribution in [1.29, 1.82) is 0 Å². The van der Waals surface area contributed by atoms with Crippen molar-refractivity contribution < 1.29 is 113 Å². The van der Waals surface area contributed by atoms with Gasteiger partial charge >= 0.3 is 51.2 Å². The minimum atomic E-state index is -3.86. The van der Waals surface area contributed by atoms with Crippen LogP contribution in [-0.2, 0) is 71.5 Å². The van der Waals surface area contributed by atoms with E-state index in [1.165, 1.54) is 94.3 Å². The average molecular weight is 2130 g/mol. The molecule has 2 atom stereocenters. The van der Waals surface area contributed by atoms with Gasteiger partial charge in [-0.15, -0.1) is 11.8 Å². The van der Waals surface area contributed by atoms with Gasteiger partial charge in [0.15, 0.2) is 6.29 Å². The molecule has 0 bridgehead atoms. The van der Waals surface area contributed by atoms with E-state index in [2.05, 4.69) is 147 Å². The molecule has 0 radical (unpaired) electrons. The second kappa shape index (κ2) is 57.1. The number of carbonyl (C=O) groups is 5. The number of carboxylic acids is 1. The van der Waals surface area contributed by atoms with Gasteiger partial charge in [-0.05, 0) is 168 Å². The number of sulfonamides is 1. The van der Waals surface area contributed by atoms with Crippen molar-refractivity contribution >= 4 is 235 Å². The van der Waals surface area contributed by atoms with Crippen molar-refractivity contribution in [3.05, 3.63) is 180 Å². The second-order valence-electron chi connectivity index (χ2n) is 22.6. The van der Waals surface area contributed by atoms with Crippen LogP contribution in [0.3, 0.4) is 0 Å². The topological polar surface area (TPSA) is 358 Å². The minimum absolute atomic E-state index is 0.0255. The molecule has 1 saturated carbocycles. The minimum Gasteiger partial charge on any atom is -0.497 e. The first-order valence-electron chi connectivity index (χ1n) is 32.7. The van der Waals surface area contributed by atoms with E-state index in [0.717, 1.165) is 84.2 Å². The van der Waals surface area contributed by atoms with Gasteiger partial charge < -0.3 is 67.7 Å². The number of halogens is 10. The normalized spacial score (nSPS) is 15.4. The molecule has 25 nitrogen and oxygen atoms in total. The molecule has 2 unspecified atom stereocenters. The molecule has 6 aromatic carbocycles. The monoisotopic (exact) mass is 2120 g/mol. The number of methoxy groups -OCH3 is 5. The highest BCUT2D eigenvalue weighted by molar-refractivity contribution is 9.11. The van der Waals surface area contributed by atoms with Crippen LogP contribution < -0.4 is 4.74 Å². The fourth-order valence-electron chi connectivity index (χ4n) is 9.29. The Balaban J connectivity index is 0.000000640. The Morgan fingerprint density at radius 2 is 0.873 bits per heavy atom. The number of thioether (sulfide) groups is 1. The number of aliphatic hydroxyl groups is 4. The lowest BCUT2D eigenvalue weighted by atomic mass is 9.74. The highest BCUT2D eigenvalue weighted by atomic mass is 79.9. The number of carboxylic acid groups (broad SMARTS) is 1. The van der Waals surface area contributed by atoms with E-state index in [1.54, 1.807) is 55.3 Å². The molecule has 3 saturated heterocycles. The van der Waals surface area contributed by atoms with Crippen molar-refractivity contribution in [3.63, 3.8) is 0 Å². The molecular weight excluding hydrogens is 2040 g/mol. The number of aliphatic hydroxyl groups excluding tert-OH is 4. The molecule has 3 aliphatic heterocycles. The van der Waals surface area contributed by atoms with Crippen molar-refractivity contribution in [3.8, 4) is 5.75 Å². The van der Waals surface area contributed by atoms with Crippen molar-refractivity contribution in [2.24, 2.45) is 0 Å². The largest absolute Gasteiger partial charge is 0.497 e. The van der Waals surface area contributed by atoms with Gasteiger partial charge in [0.05, 0.1) is 85.4 Å². The number of rotatable bonds is 12. The van der Waals surface area contributed by atoms with Crippen LogP contribution in [0.25, 0.3) is 0 Å². The first-order valence-corrected chi connectivity index (χ1v) is 45.7. The molecule has 110 heavy (non-hydrogen) atoms. The molecule has 4 aliphatic rings. The summed E-state index contributed by atoms with van der Waals surface area (Å²) in [7, 11) is 12.4. The molecular formula is C68H84B3Br7Cl3NO24S4. The third-order valence-corrected chi connectivity index (χ3v) is 21.8. The summed E-state index contributed by atoms with van der Waals surface area (Å²) in [5, 5.41) is 42.8. The van der Waals surface area contributed by atoms with Crippen LogP contribution in [0.1, 0.15) is 128 Å². The molecule has 0 spiro atoms. The summed E-state index contributed by atoms with van der Waals surface area (Å²) in [4.78, 5) is 56.8. The van der Waals surface area contributed by atoms with Crippen LogP contribution >= 0.6 is 155 Å².